The summed E-state index contributed by atoms with van der Waals surface area (Å²) in [6.07, 6.45) is 2.65. The topological polar surface area (TPSA) is 73.2 Å². The molecule has 2 aromatic rings. The minimum absolute atomic E-state index is 0.0345. The fraction of sp³-hybridized carbons (Fsp3) is 0.476. The number of rotatable bonds is 5. The zero-order chi connectivity index (χ0) is 19.5. The molecule has 0 aliphatic carbocycles. The second-order valence-electron chi connectivity index (χ2n) is 7.87. The van der Waals surface area contributed by atoms with Gasteiger partial charge in [0.15, 0.2) is 0 Å². The van der Waals surface area contributed by atoms with Crippen LogP contribution >= 0.6 is 0 Å². The van der Waals surface area contributed by atoms with Crippen LogP contribution < -0.4 is 10.9 Å². The molecule has 6 heteroatoms. The summed E-state index contributed by atoms with van der Waals surface area (Å²) in [5.74, 6) is -0.264. The van der Waals surface area contributed by atoms with Crippen molar-refractivity contribution in [2.24, 2.45) is 7.05 Å². The zero-order valence-electron chi connectivity index (χ0n) is 16.2. The lowest BCUT2D eigenvalue weighted by atomic mass is 9.67. The van der Waals surface area contributed by atoms with Gasteiger partial charge in [0, 0.05) is 31.7 Å². The maximum atomic E-state index is 12.4. The van der Waals surface area contributed by atoms with Crippen LogP contribution in [-0.2, 0) is 17.2 Å². The molecule has 1 aromatic carbocycles. The molecule has 27 heavy (non-hydrogen) atoms. The molecule has 0 radical (unpaired) electrons. The van der Waals surface area contributed by atoms with Crippen molar-refractivity contribution in [1.82, 2.24) is 15.1 Å². The van der Waals surface area contributed by atoms with Gasteiger partial charge in [0.05, 0.1) is 5.60 Å². The van der Waals surface area contributed by atoms with Crippen molar-refractivity contribution < 1.29 is 9.53 Å². The molecule has 1 unspecified atom stereocenters. The van der Waals surface area contributed by atoms with E-state index in [2.05, 4.69) is 48.5 Å². The predicted octanol–water partition coefficient (Wildman–Crippen LogP) is 2.43. The Morgan fingerprint density at radius 2 is 1.96 bits per heavy atom. The number of carbonyl (C=O) groups is 1. The van der Waals surface area contributed by atoms with E-state index in [4.69, 9.17) is 4.74 Å². The molecule has 144 valence electrons. The quantitative estimate of drug-likeness (QED) is 0.878. The van der Waals surface area contributed by atoms with E-state index >= 15 is 0 Å². The normalized spacial score (nSPS) is 21.6. The molecule has 1 saturated heterocycles. The average Bonchev–Trinajstić information content (AvgIpc) is 2.64. The Labute approximate surface area is 159 Å². The van der Waals surface area contributed by atoms with E-state index in [1.165, 1.54) is 29.4 Å². The maximum Gasteiger partial charge on any atom is 0.271 e. The molecule has 0 bridgehead atoms. The largest absolute Gasteiger partial charge is 0.376 e. The number of nitrogens with one attached hydrogen (secondary N) is 1. The summed E-state index contributed by atoms with van der Waals surface area (Å²) >= 11 is 0. The van der Waals surface area contributed by atoms with Gasteiger partial charge in [-0.15, -0.1) is 0 Å². The van der Waals surface area contributed by atoms with Gasteiger partial charge in [-0.2, -0.15) is 5.10 Å². The number of nitrogens with zero attached hydrogens (tertiary/aromatic N) is 2. The summed E-state index contributed by atoms with van der Waals surface area (Å²) in [6, 6.07) is 13.3. The zero-order valence-corrected chi connectivity index (χ0v) is 16.2. The highest BCUT2D eigenvalue weighted by Gasteiger charge is 2.41. The van der Waals surface area contributed by atoms with Crippen LogP contribution in [0.25, 0.3) is 0 Å². The number of carbonyl (C=O) groups excluding carboxylic acids is 1. The van der Waals surface area contributed by atoms with Gasteiger partial charge in [-0.1, -0.05) is 30.3 Å². The number of benzene rings is 1. The first-order valence-electron chi connectivity index (χ1n) is 9.33. The Kier molecular flexibility index (Phi) is 5.46. The van der Waals surface area contributed by atoms with Crippen LogP contribution in [0.3, 0.4) is 0 Å². The Bertz CT molecular complexity index is 860. The van der Waals surface area contributed by atoms with Crippen LogP contribution in [0.4, 0.5) is 0 Å². The lowest BCUT2D eigenvalue weighted by molar-refractivity contribution is -0.0838. The van der Waals surface area contributed by atoms with E-state index in [1.807, 2.05) is 6.07 Å². The first-order valence-corrected chi connectivity index (χ1v) is 9.33. The van der Waals surface area contributed by atoms with Crippen LogP contribution in [0.1, 0.15) is 49.2 Å². The molecule has 1 N–H and O–H groups in total. The molecule has 1 aromatic heterocycles. The SMILES string of the molecule is Cn1nc(C(=O)NCCC2(c3ccccc3)CCOC(C)(C)C2)ccc1=O. The van der Waals surface area contributed by atoms with Gasteiger partial charge in [0.25, 0.3) is 11.5 Å². The standard InChI is InChI=1S/C21H27N3O3/c1-20(2)15-21(12-14-27-20,16-7-5-4-6-8-16)11-13-22-19(26)17-9-10-18(25)24(3)23-17/h4-10H,11-15H2,1-3H3,(H,22,26). The van der Waals surface area contributed by atoms with Crippen LogP contribution in [0.15, 0.2) is 47.3 Å². The molecule has 6 nitrogen and oxygen atoms in total. The van der Waals surface area contributed by atoms with Crippen LogP contribution in [0, 0.1) is 0 Å². The molecule has 1 aliphatic rings. The minimum atomic E-state index is -0.264. The predicted molar refractivity (Wildman–Crippen MR) is 104 cm³/mol. The van der Waals surface area contributed by atoms with Crippen LogP contribution in [-0.4, -0.2) is 34.4 Å². The van der Waals surface area contributed by atoms with E-state index in [-0.39, 0.29) is 28.2 Å². The van der Waals surface area contributed by atoms with Crippen molar-refractivity contribution in [2.75, 3.05) is 13.2 Å². The fourth-order valence-electron chi connectivity index (χ4n) is 4.00. The van der Waals surface area contributed by atoms with Gasteiger partial charge in [-0.25, -0.2) is 4.68 Å². The molecule has 1 aliphatic heterocycles. The highest BCUT2D eigenvalue weighted by molar-refractivity contribution is 5.91. The van der Waals surface area contributed by atoms with E-state index in [9.17, 15) is 9.59 Å². The molecule has 3 rings (SSSR count). The Balaban J connectivity index is 1.73. The van der Waals surface area contributed by atoms with Crippen molar-refractivity contribution in [3.63, 3.8) is 0 Å². The second kappa shape index (κ2) is 7.64. The average molecular weight is 369 g/mol. The van der Waals surface area contributed by atoms with Gasteiger partial charge >= 0.3 is 0 Å². The van der Waals surface area contributed by atoms with E-state index in [0.717, 1.165) is 19.3 Å². The summed E-state index contributed by atoms with van der Waals surface area (Å²) < 4.78 is 7.10. The smallest absolute Gasteiger partial charge is 0.271 e. The molecule has 1 fully saturated rings. The fourth-order valence-corrected chi connectivity index (χ4v) is 4.00. The number of aryl methyl sites for hydroxylation is 1. The Morgan fingerprint density at radius 3 is 2.63 bits per heavy atom. The lowest BCUT2D eigenvalue weighted by Gasteiger charge is -2.45. The molecule has 2 heterocycles. The van der Waals surface area contributed by atoms with E-state index in [0.29, 0.717) is 13.2 Å². The Hall–Kier alpha value is -2.47. The monoisotopic (exact) mass is 369 g/mol. The van der Waals surface area contributed by atoms with Crippen molar-refractivity contribution >= 4 is 5.91 Å². The minimum Gasteiger partial charge on any atom is -0.376 e. The molecular weight excluding hydrogens is 342 g/mol. The van der Waals surface area contributed by atoms with Gasteiger partial charge in [-0.05, 0) is 44.7 Å². The Morgan fingerprint density at radius 1 is 1.22 bits per heavy atom. The maximum absolute atomic E-state index is 12.4. The van der Waals surface area contributed by atoms with Crippen molar-refractivity contribution in [3.05, 3.63) is 64.1 Å². The third-order valence-electron chi connectivity index (χ3n) is 5.31. The van der Waals surface area contributed by atoms with Crippen molar-refractivity contribution in [1.29, 1.82) is 0 Å². The van der Waals surface area contributed by atoms with E-state index in [1.54, 1.807) is 0 Å². The summed E-state index contributed by atoms with van der Waals surface area (Å²) in [5, 5.41) is 6.97. The van der Waals surface area contributed by atoms with Gasteiger partial charge in [0.1, 0.15) is 5.69 Å². The second-order valence-corrected chi connectivity index (χ2v) is 7.87. The molecule has 0 saturated carbocycles. The molecule has 1 atom stereocenters. The summed E-state index contributed by atoms with van der Waals surface area (Å²) in [4.78, 5) is 23.8. The molecular formula is C21H27N3O3. The number of aromatic nitrogens is 2. The van der Waals surface area contributed by atoms with E-state index < -0.39 is 0 Å². The third kappa shape index (κ3) is 4.45. The van der Waals surface area contributed by atoms with Crippen LogP contribution in [0.5, 0.6) is 0 Å². The molecule has 1 amide bonds. The number of ether oxygens (including phenoxy) is 1. The van der Waals surface area contributed by atoms with Gasteiger partial charge < -0.3 is 10.1 Å². The highest BCUT2D eigenvalue weighted by Crippen LogP contribution is 2.43. The lowest BCUT2D eigenvalue weighted by Crippen LogP contribution is -2.45. The number of amides is 1. The van der Waals surface area contributed by atoms with Crippen molar-refractivity contribution in [2.45, 2.75) is 44.1 Å². The molecule has 0 spiro atoms. The van der Waals surface area contributed by atoms with Crippen molar-refractivity contribution in [3.8, 4) is 0 Å². The summed E-state index contributed by atoms with van der Waals surface area (Å²) in [5.41, 5.74) is 1.07. The summed E-state index contributed by atoms with van der Waals surface area (Å²) in [6.45, 7) is 5.49. The highest BCUT2D eigenvalue weighted by atomic mass is 16.5. The number of hydrogen-bond acceptors (Lipinski definition) is 4. The van der Waals surface area contributed by atoms with Gasteiger partial charge in [-0.3, -0.25) is 9.59 Å². The third-order valence-corrected chi connectivity index (χ3v) is 5.31. The summed E-state index contributed by atoms with van der Waals surface area (Å²) in [7, 11) is 1.54. The number of hydrogen-bond donors (Lipinski definition) is 1. The van der Waals surface area contributed by atoms with Crippen LogP contribution in [0.2, 0.25) is 0 Å². The first-order chi connectivity index (χ1) is 12.8. The van der Waals surface area contributed by atoms with Gasteiger partial charge in [0.2, 0.25) is 0 Å². The first kappa shape index (κ1) is 19.3.